The molecule has 2 rings (SSSR count). The van der Waals surface area contributed by atoms with Gasteiger partial charge in [-0.3, -0.25) is 0 Å². The van der Waals surface area contributed by atoms with Gasteiger partial charge >= 0.3 is 0 Å². The molecule has 0 spiro atoms. The number of hydrogen-bond donors (Lipinski definition) is 1. The minimum atomic E-state index is -0.191. The number of hydrogen-bond acceptors (Lipinski definition) is 3. The van der Waals surface area contributed by atoms with Crippen molar-refractivity contribution < 1.29 is 9.13 Å². The summed E-state index contributed by atoms with van der Waals surface area (Å²) in [5.74, 6) is -0.191. The first-order valence-corrected chi connectivity index (χ1v) is 7.81. The highest BCUT2D eigenvalue weighted by atomic mass is 19.1. The summed E-state index contributed by atoms with van der Waals surface area (Å²) >= 11 is 0. The van der Waals surface area contributed by atoms with Crippen LogP contribution in [0.15, 0.2) is 18.2 Å². The molecule has 1 fully saturated rings. The predicted molar refractivity (Wildman–Crippen MR) is 85.2 cm³/mol. The van der Waals surface area contributed by atoms with Gasteiger partial charge in [0.05, 0.1) is 5.60 Å². The second-order valence-electron chi connectivity index (χ2n) is 6.32. The van der Waals surface area contributed by atoms with Crippen LogP contribution in [0.3, 0.4) is 0 Å². The van der Waals surface area contributed by atoms with Gasteiger partial charge < -0.3 is 15.4 Å². The average Bonchev–Trinajstić information content (AvgIpc) is 2.47. The van der Waals surface area contributed by atoms with E-state index in [9.17, 15) is 4.39 Å². The van der Waals surface area contributed by atoms with Crippen LogP contribution in [-0.4, -0.2) is 31.8 Å². The number of anilines is 1. The number of methoxy groups -OCH3 is 1. The van der Waals surface area contributed by atoms with Gasteiger partial charge in [0.25, 0.3) is 0 Å². The highest BCUT2D eigenvalue weighted by molar-refractivity contribution is 5.55. The Morgan fingerprint density at radius 1 is 1.48 bits per heavy atom. The molecule has 0 aromatic heterocycles. The first kappa shape index (κ1) is 16.2. The SMILES string of the molecule is CCC(N)Cc1cc(F)ccc1N1CCCC(C)(OC)C1. The number of ether oxygens (including phenoxy) is 1. The fourth-order valence-electron chi connectivity index (χ4n) is 3.03. The second kappa shape index (κ2) is 6.75. The zero-order valence-corrected chi connectivity index (χ0v) is 13.4. The summed E-state index contributed by atoms with van der Waals surface area (Å²) in [7, 11) is 1.77. The summed E-state index contributed by atoms with van der Waals surface area (Å²) in [6, 6.07) is 5.12. The molecule has 1 aromatic rings. The van der Waals surface area contributed by atoms with Gasteiger partial charge in [-0.2, -0.15) is 0 Å². The number of benzene rings is 1. The molecule has 0 bridgehead atoms. The van der Waals surface area contributed by atoms with Gasteiger partial charge in [-0.25, -0.2) is 4.39 Å². The van der Waals surface area contributed by atoms with E-state index in [0.717, 1.165) is 43.6 Å². The fourth-order valence-corrected chi connectivity index (χ4v) is 3.03. The van der Waals surface area contributed by atoms with Crippen molar-refractivity contribution in [2.45, 2.75) is 51.2 Å². The molecule has 1 aliphatic heterocycles. The highest BCUT2D eigenvalue weighted by Crippen LogP contribution is 2.31. The zero-order valence-electron chi connectivity index (χ0n) is 13.4. The first-order valence-electron chi connectivity index (χ1n) is 7.81. The molecule has 3 nitrogen and oxygen atoms in total. The lowest BCUT2D eigenvalue weighted by Crippen LogP contribution is -2.47. The molecule has 1 aliphatic rings. The molecule has 0 saturated carbocycles. The van der Waals surface area contributed by atoms with E-state index < -0.39 is 0 Å². The van der Waals surface area contributed by atoms with Crippen LogP contribution in [0.5, 0.6) is 0 Å². The normalized spacial score (nSPS) is 24.1. The lowest BCUT2D eigenvalue weighted by Gasteiger charge is -2.41. The van der Waals surface area contributed by atoms with E-state index in [1.807, 2.05) is 6.07 Å². The Balaban J connectivity index is 2.25. The van der Waals surface area contributed by atoms with Crippen LogP contribution in [0.1, 0.15) is 38.7 Å². The Kier molecular flexibility index (Phi) is 5.22. The van der Waals surface area contributed by atoms with Gasteiger partial charge in [0, 0.05) is 31.9 Å². The van der Waals surface area contributed by atoms with Crippen molar-refractivity contribution in [1.82, 2.24) is 0 Å². The maximum absolute atomic E-state index is 13.6. The number of rotatable bonds is 5. The fraction of sp³-hybridized carbons (Fsp3) is 0.647. The van der Waals surface area contributed by atoms with Gasteiger partial charge in [-0.15, -0.1) is 0 Å². The van der Waals surface area contributed by atoms with Crippen molar-refractivity contribution in [3.8, 4) is 0 Å². The van der Waals surface area contributed by atoms with Crippen LogP contribution in [-0.2, 0) is 11.2 Å². The Morgan fingerprint density at radius 3 is 2.90 bits per heavy atom. The lowest BCUT2D eigenvalue weighted by atomic mass is 9.93. The number of nitrogens with two attached hydrogens (primary N) is 1. The van der Waals surface area contributed by atoms with Gasteiger partial charge in [0.2, 0.25) is 0 Å². The summed E-state index contributed by atoms with van der Waals surface area (Å²) in [6.07, 6.45) is 3.75. The van der Waals surface area contributed by atoms with Crippen LogP contribution < -0.4 is 10.6 Å². The van der Waals surface area contributed by atoms with Crippen molar-refractivity contribution in [2.24, 2.45) is 5.73 Å². The molecule has 118 valence electrons. The summed E-state index contributed by atoms with van der Waals surface area (Å²) in [4.78, 5) is 2.31. The maximum Gasteiger partial charge on any atom is 0.123 e. The molecular weight excluding hydrogens is 267 g/mol. The van der Waals surface area contributed by atoms with E-state index in [1.165, 1.54) is 6.07 Å². The zero-order chi connectivity index (χ0) is 15.5. The van der Waals surface area contributed by atoms with Gasteiger partial charge in [-0.05, 0) is 56.4 Å². The second-order valence-corrected chi connectivity index (χ2v) is 6.32. The average molecular weight is 294 g/mol. The molecular formula is C17H27FN2O. The van der Waals surface area contributed by atoms with Crippen molar-refractivity contribution in [3.63, 3.8) is 0 Å². The highest BCUT2D eigenvalue weighted by Gasteiger charge is 2.31. The third-order valence-corrected chi connectivity index (χ3v) is 4.54. The molecule has 2 unspecified atom stereocenters. The molecule has 21 heavy (non-hydrogen) atoms. The van der Waals surface area contributed by atoms with E-state index in [4.69, 9.17) is 10.5 Å². The molecule has 0 amide bonds. The Morgan fingerprint density at radius 2 is 2.24 bits per heavy atom. The lowest BCUT2D eigenvalue weighted by molar-refractivity contribution is -0.00468. The minimum absolute atomic E-state index is 0.0733. The molecule has 0 radical (unpaired) electrons. The number of halogens is 1. The number of piperidine rings is 1. The van der Waals surface area contributed by atoms with Gasteiger partial charge in [0.1, 0.15) is 5.82 Å². The molecule has 1 aromatic carbocycles. The number of nitrogens with zero attached hydrogens (tertiary/aromatic N) is 1. The largest absolute Gasteiger partial charge is 0.377 e. The third kappa shape index (κ3) is 3.95. The van der Waals surface area contributed by atoms with Crippen LogP contribution in [0, 0.1) is 5.82 Å². The van der Waals surface area contributed by atoms with E-state index in [-0.39, 0.29) is 17.5 Å². The molecule has 0 aliphatic carbocycles. The quantitative estimate of drug-likeness (QED) is 0.907. The van der Waals surface area contributed by atoms with Crippen molar-refractivity contribution in [2.75, 3.05) is 25.1 Å². The summed E-state index contributed by atoms with van der Waals surface area (Å²) in [6.45, 7) is 6.02. The standard InChI is InChI=1S/C17H27FN2O/c1-4-15(19)11-13-10-14(18)6-7-16(13)20-9-5-8-17(2,12-20)21-3/h6-7,10,15H,4-5,8-9,11-12,19H2,1-3H3. The molecule has 1 heterocycles. The molecule has 1 saturated heterocycles. The van der Waals surface area contributed by atoms with Crippen molar-refractivity contribution in [1.29, 1.82) is 0 Å². The Labute approximate surface area is 127 Å². The van der Waals surface area contributed by atoms with Crippen LogP contribution in [0.4, 0.5) is 10.1 Å². The molecule has 2 atom stereocenters. The van der Waals surface area contributed by atoms with E-state index >= 15 is 0 Å². The maximum atomic E-state index is 13.6. The van der Waals surface area contributed by atoms with E-state index in [0.29, 0.717) is 6.42 Å². The van der Waals surface area contributed by atoms with E-state index in [2.05, 4.69) is 18.7 Å². The van der Waals surface area contributed by atoms with Crippen molar-refractivity contribution in [3.05, 3.63) is 29.6 Å². The first-order chi connectivity index (χ1) is 9.97. The summed E-state index contributed by atoms with van der Waals surface area (Å²) in [5.41, 5.74) is 8.04. The van der Waals surface area contributed by atoms with Crippen LogP contribution >= 0.6 is 0 Å². The third-order valence-electron chi connectivity index (χ3n) is 4.54. The van der Waals surface area contributed by atoms with Crippen molar-refractivity contribution >= 4 is 5.69 Å². The van der Waals surface area contributed by atoms with Gasteiger partial charge in [0.15, 0.2) is 0 Å². The van der Waals surface area contributed by atoms with E-state index in [1.54, 1.807) is 13.2 Å². The smallest absolute Gasteiger partial charge is 0.123 e. The Bertz CT molecular complexity index is 480. The molecule has 4 heteroatoms. The summed E-state index contributed by atoms with van der Waals surface area (Å²) < 4.78 is 19.3. The monoisotopic (exact) mass is 294 g/mol. The summed E-state index contributed by atoms with van der Waals surface area (Å²) in [5, 5.41) is 0. The van der Waals surface area contributed by atoms with Crippen LogP contribution in [0.25, 0.3) is 0 Å². The van der Waals surface area contributed by atoms with Gasteiger partial charge in [-0.1, -0.05) is 6.92 Å². The van der Waals surface area contributed by atoms with Crippen LogP contribution in [0.2, 0.25) is 0 Å². The minimum Gasteiger partial charge on any atom is -0.377 e. The molecule has 2 N–H and O–H groups in total. The topological polar surface area (TPSA) is 38.5 Å². The predicted octanol–water partition coefficient (Wildman–Crippen LogP) is 3.11. The Hall–Kier alpha value is -1.13.